The van der Waals surface area contributed by atoms with Crippen LogP contribution >= 0.6 is 56.6 Å². The number of ether oxygens (including phenoxy) is 2. The molecule has 4 amide bonds. The van der Waals surface area contributed by atoms with E-state index in [9.17, 15) is 44.8 Å². The summed E-state index contributed by atoms with van der Waals surface area (Å²) in [6, 6.07) is 23.8. The summed E-state index contributed by atoms with van der Waals surface area (Å²) in [5, 5.41) is 16.8. The van der Waals surface area contributed by atoms with Gasteiger partial charge in [0.15, 0.2) is 0 Å². The van der Waals surface area contributed by atoms with E-state index >= 15 is 0 Å². The number of thiophene rings is 2. The molecular weight excluding hydrogens is 1190 g/mol. The molecule has 436 valence electrons. The minimum absolute atomic E-state index is 0.0331. The molecule has 0 unspecified atom stereocenters. The first kappa shape index (κ1) is 64.7. The smallest absolute Gasteiger partial charge is 0.262 e. The number of fused-ring (bicyclic) bond motifs is 2. The van der Waals surface area contributed by atoms with Crippen molar-refractivity contribution in [2.75, 3.05) is 39.4 Å². The molecule has 18 nitrogen and oxygen atoms in total. The van der Waals surface area contributed by atoms with Crippen molar-refractivity contribution in [3.8, 4) is 0 Å². The minimum Gasteiger partial charge on any atom is -0.378 e. The molecule has 6 aromatic rings. The zero-order valence-electron chi connectivity index (χ0n) is 44.4. The summed E-state index contributed by atoms with van der Waals surface area (Å²) in [6.07, 6.45) is 1.78. The highest BCUT2D eigenvalue weighted by Crippen LogP contribution is 2.29. The highest BCUT2D eigenvalue weighted by Gasteiger charge is 2.33. The molecule has 2 saturated heterocycles. The standard InChI is InChI=1S/C27H31ClFN3O5S2.C21H27N5O3S.C6H3Cl2FO2S/c1-16(2)11-21(32-27(34)24-12-17-5-3-4-6-23(17)38-24)26(33)30-14-18-9-10-37-22(18)15-31-39(35,36)25-8-7-19(29)13-20(25)28;1-13(2)9-16(20(27)23-11-15-7-8-29-17(15)12-24-26-22)25-21(28)19-10-14-5-3-4-6-18(14)30-19;7-5-3-4(9)1-2-6(5)12(8,10)11/h3-8,12-13,16,18,21-22,31H,9-11,14-15H2,1-2H3,(H,30,33)(H,32,34);3-6,10,13,15-17H,7-9,11-12H2,1-2H3,(H,23,27)(H,25,28);1-3H/t18-,21+,22-;15-,16+,17-;/m11./s1. The van der Waals surface area contributed by atoms with Crippen molar-refractivity contribution >= 4 is 119 Å². The largest absolute Gasteiger partial charge is 0.378 e. The predicted molar refractivity (Wildman–Crippen MR) is 312 cm³/mol. The van der Waals surface area contributed by atoms with Gasteiger partial charge in [-0.15, -0.1) is 22.7 Å². The number of sulfonamides is 1. The summed E-state index contributed by atoms with van der Waals surface area (Å²) < 4.78 is 88.4. The Morgan fingerprint density at radius 3 is 1.54 bits per heavy atom. The topological polar surface area (TPSA) is 264 Å². The van der Waals surface area contributed by atoms with Crippen molar-refractivity contribution in [1.29, 1.82) is 0 Å². The molecule has 27 heteroatoms. The van der Waals surface area contributed by atoms with Crippen molar-refractivity contribution in [3.63, 3.8) is 0 Å². The van der Waals surface area contributed by atoms with Crippen LogP contribution in [0.3, 0.4) is 0 Å². The van der Waals surface area contributed by atoms with Crippen LogP contribution in [0.5, 0.6) is 0 Å². The van der Waals surface area contributed by atoms with Gasteiger partial charge in [0.2, 0.25) is 21.8 Å². The second kappa shape index (κ2) is 30.2. The summed E-state index contributed by atoms with van der Waals surface area (Å²) in [6.45, 7) is 9.92. The van der Waals surface area contributed by atoms with Crippen molar-refractivity contribution in [3.05, 3.63) is 139 Å². The van der Waals surface area contributed by atoms with E-state index in [4.69, 9.17) is 48.9 Å². The van der Waals surface area contributed by atoms with E-state index in [-0.39, 0.29) is 92.9 Å². The number of azide groups is 1. The number of halogens is 5. The lowest BCUT2D eigenvalue weighted by atomic mass is 10.00. The fourth-order valence-electron chi connectivity index (χ4n) is 8.79. The lowest BCUT2D eigenvalue weighted by molar-refractivity contribution is -0.124. The number of rotatable bonds is 21. The SMILES string of the molecule is CC(C)C[C@H](NC(=O)c1cc2ccccc2s1)C(=O)NC[C@H]1CCO[C@@H]1CN=[N+]=[N-].CC(C)C[C@H](NC(=O)c1cc2ccccc2s1)C(=O)NC[C@H]1CCO[C@@H]1CNS(=O)(=O)c1ccc(F)cc1Cl.O=S(=O)(Cl)c1ccc(F)cc1Cl. The quantitative estimate of drug-likeness (QED) is 0.0197. The molecule has 5 N–H and O–H groups in total. The Morgan fingerprint density at radius 1 is 0.667 bits per heavy atom. The number of hydrogen-bond acceptors (Lipinski definition) is 13. The molecule has 2 aromatic heterocycles. The maximum absolute atomic E-state index is 13.3. The third-order valence-corrected chi connectivity index (χ3v) is 18.8. The number of nitrogens with one attached hydrogen (secondary N) is 5. The first-order chi connectivity index (χ1) is 38.4. The highest BCUT2D eigenvalue weighted by atomic mass is 35.7. The lowest BCUT2D eigenvalue weighted by Crippen LogP contribution is -2.49. The van der Waals surface area contributed by atoms with Crippen molar-refractivity contribution < 1.29 is 54.3 Å². The summed E-state index contributed by atoms with van der Waals surface area (Å²) in [7, 11) is -2.88. The van der Waals surface area contributed by atoms with Crippen LogP contribution in [0.4, 0.5) is 8.78 Å². The maximum atomic E-state index is 13.3. The Bertz CT molecular complexity index is 3390. The van der Waals surface area contributed by atoms with Gasteiger partial charge in [-0.05, 0) is 114 Å². The van der Waals surface area contributed by atoms with Gasteiger partial charge in [-0.3, -0.25) is 19.2 Å². The summed E-state index contributed by atoms with van der Waals surface area (Å²) in [4.78, 5) is 55.1. The predicted octanol–water partition coefficient (Wildman–Crippen LogP) is 10.6. The second-order valence-corrected chi connectivity index (χ2v) is 27.1. The van der Waals surface area contributed by atoms with Crippen molar-refractivity contribution in [2.45, 2.75) is 87.5 Å². The molecule has 0 aliphatic carbocycles. The Labute approximate surface area is 491 Å². The monoisotopic (exact) mass is 1250 g/mol. The molecule has 4 heterocycles. The first-order valence-electron chi connectivity index (χ1n) is 25.6. The van der Waals surface area contributed by atoms with Gasteiger partial charge < -0.3 is 30.7 Å². The van der Waals surface area contributed by atoms with Gasteiger partial charge in [0.05, 0.1) is 38.6 Å². The Hall–Kier alpha value is -5.50. The normalized spacial score (nSPS) is 17.8. The average Bonchev–Trinajstić information content (AvgIpc) is 4.33. The zero-order valence-corrected chi connectivity index (χ0v) is 49.9. The molecule has 0 bridgehead atoms. The zero-order chi connectivity index (χ0) is 59.0. The van der Waals surface area contributed by atoms with E-state index in [0.29, 0.717) is 48.8 Å². The van der Waals surface area contributed by atoms with Crippen molar-refractivity contribution in [2.24, 2.45) is 28.8 Å². The van der Waals surface area contributed by atoms with Crippen LogP contribution < -0.4 is 26.0 Å². The Morgan fingerprint density at radius 2 is 1.11 bits per heavy atom. The second-order valence-electron chi connectivity index (χ2n) is 19.9. The summed E-state index contributed by atoms with van der Waals surface area (Å²) >= 11 is 14.1. The van der Waals surface area contributed by atoms with Gasteiger partial charge in [0.25, 0.3) is 20.9 Å². The molecule has 6 atom stereocenters. The molecular formula is C54H61Cl3F2N8O10S4. The van der Waals surface area contributed by atoms with Gasteiger partial charge in [-0.1, -0.05) is 92.4 Å². The molecule has 2 aliphatic rings. The molecule has 8 rings (SSSR count). The van der Waals surface area contributed by atoms with Gasteiger partial charge in [0.1, 0.15) is 33.5 Å². The maximum Gasteiger partial charge on any atom is 0.262 e. The molecule has 0 saturated carbocycles. The lowest BCUT2D eigenvalue weighted by Gasteiger charge is -2.23. The minimum atomic E-state index is -3.99. The molecule has 0 radical (unpaired) electrons. The van der Waals surface area contributed by atoms with Crippen LogP contribution in [0.1, 0.15) is 72.7 Å². The summed E-state index contributed by atoms with van der Waals surface area (Å²) in [5.74, 6) is -1.91. The Kier molecular flexibility index (Phi) is 24.1. The molecule has 0 spiro atoms. The number of carbonyl (C=O) groups is 4. The third kappa shape index (κ3) is 19.3. The van der Waals surface area contributed by atoms with E-state index in [0.717, 1.165) is 63.0 Å². The molecule has 2 aliphatic heterocycles. The first-order valence-corrected chi connectivity index (χ1v) is 31.8. The highest BCUT2D eigenvalue weighted by molar-refractivity contribution is 8.13. The third-order valence-electron chi connectivity index (χ3n) is 12.9. The van der Waals surface area contributed by atoms with E-state index < -0.39 is 48.9 Å². The van der Waals surface area contributed by atoms with Crippen LogP contribution in [0.15, 0.2) is 112 Å². The number of hydrogen-bond donors (Lipinski definition) is 5. The number of nitrogens with zero attached hydrogens (tertiary/aromatic N) is 3. The fraction of sp³-hybridized carbons (Fsp3) is 0.407. The van der Waals surface area contributed by atoms with Crippen LogP contribution in [0.25, 0.3) is 30.6 Å². The molecule has 81 heavy (non-hydrogen) atoms. The summed E-state index contributed by atoms with van der Waals surface area (Å²) in [5.41, 5.74) is 8.51. The number of carbonyl (C=O) groups excluding carboxylic acids is 4. The number of benzene rings is 4. The van der Waals surface area contributed by atoms with Crippen LogP contribution in [0.2, 0.25) is 10.0 Å². The van der Waals surface area contributed by atoms with Gasteiger partial charge in [0, 0.05) is 69.7 Å². The van der Waals surface area contributed by atoms with E-state index in [1.165, 1.54) is 22.7 Å². The van der Waals surface area contributed by atoms with Crippen LogP contribution in [-0.4, -0.2) is 104 Å². The Balaban J connectivity index is 0.000000221. The van der Waals surface area contributed by atoms with Gasteiger partial charge >= 0.3 is 0 Å². The van der Waals surface area contributed by atoms with E-state index in [2.05, 4.69) is 36.0 Å². The van der Waals surface area contributed by atoms with E-state index in [1.54, 1.807) is 0 Å². The van der Waals surface area contributed by atoms with E-state index in [1.807, 2.05) is 88.4 Å². The van der Waals surface area contributed by atoms with Crippen molar-refractivity contribution in [1.82, 2.24) is 26.0 Å². The van der Waals surface area contributed by atoms with Crippen LogP contribution in [0, 0.1) is 35.3 Å². The van der Waals surface area contributed by atoms with Gasteiger partial charge in [-0.2, -0.15) is 0 Å². The van der Waals surface area contributed by atoms with Crippen LogP contribution in [-0.2, 0) is 38.1 Å². The van der Waals surface area contributed by atoms with Gasteiger partial charge in [-0.25, -0.2) is 30.3 Å². The molecule has 2 fully saturated rings. The number of amides is 4. The average molecular weight is 1250 g/mol. The fourth-order valence-corrected chi connectivity index (χ4v) is 13.8. The molecule has 4 aromatic carbocycles.